The minimum atomic E-state index is -4.45. The van der Waals surface area contributed by atoms with E-state index in [1.54, 1.807) is 0 Å². The van der Waals surface area contributed by atoms with Gasteiger partial charge in [-0.3, -0.25) is 9.11 Å². The van der Waals surface area contributed by atoms with Crippen LogP contribution in [0.5, 0.6) is 11.5 Å². The molecule has 29 nitrogen and oxygen atoms in total. The van der Waals surface area contributed by atoms with Gasteiger partial charge in [-0.05, 0) is 73.5 Å². The molecule has 0 aliphatic carbocycles. The van der Waals surface area contributed by atoms with Crippen LogP contribution in [0.3, 0.4) is 0 Å². The minimum absolute atomic E-state index is 0.0206. The van der Waals surface area contributed by atoms with Crippen LogP contribution in [0.25, 0.3) is 0 Å². The highest BCUT2D eigenvalue weighted by atomic mass is 32.2. The second kappa shape index (κ2) is 25.0. The van der Waals surface area contributed by atoms with E-state index in [9.17, 15) is 65.5 Å². The van der Waals surface area contributed by atoms with Crippen LogP contribution < -0.4 is 25.4 Å². The second-order valence-corrected chi connectivity index (χ2v) is 17.9. The van der Waals surface area contributed by atoms with Crippen molar-refractivity contribution < 1.29 is 89.6 Å². The van der Waals surface area contributed by atoms with E-state index < -0.39 is 62.2 Å². The van der Waals surface area contributed by atoms with Gasteiger partial charge in [0.05, 0.1) is 81.1 Å². The molecule has 376 valence electrons. The largest absolute Gasteiger partial charge is 0.491 e. The second-order valence-electron chi connectivity index (χ2n) is 13.9. The summed E-state index contributed by atoms with van der Waals surface area (Å²) in [6.07, 6.45) is 0.133. The molecule has 0 bridgehead atoms. The van der Waals surface area contributed by atoms with Gasteiger partial charge in [0.15, 0.2) is 0 Å². The summed E-state index contributed by atoms with van der Waals surface area (Å²) < 4.78 is 80.6. The van der Waals surface area contributed by atoms with E-state index >= 15 is 0 Å². The number of nitrogens with one attached hydrogen (secondary N) is 3. The Morgan fingerprint density at radius 2 is 0.958 bits per heavy atom. The summed E-state index contributed by atoms with van der Waals surface area (Å²) in [5.74, 6) is -7.48. The van der Waals surface area contributed by atoms with Crippen molar-refractivity contribution >= 4 is 108 Å². The van der Waals surface area contributed by atoms with E-state index in [0.29, 0.717) is 6.42 Å². The number of nitrogens with zero attached hydrogens (tertiary/aromatic N) is 7. The Balaban J connectivity index is 1.51. The number of hydrogen-bond acceptors (Lipinski definition) is 24. The van der Waals surface area contributed by atoms with E-state index in [4.69, 9.17) is 14.7 Å². The summed E-state index contributed by atoms with van der Waals surface area (Å²) >= 11 is 0.766. The van der Waals surface area contributed by atoms with E-state index in [0.717, 1.165) is 48.4 Å². The third kappa shape index (κ3) is 18.1. The predicted molar refractivity (Wildman–Crippen MR) is 247 cm³/mol. The molecule has 5 rings (SSSR count). The Labute approximate surface area is 404 Å². The lowest BCUT2D eigenvalue weighted by molar-refractivity contribution is -0.432. The molecule has 71 heavy (non-hydrogen) atoms. The van der Waals surface area contributed by atoms with Gasteiger partial charge < -0.3 is 45.9 Å². The summed E-state index contributed by atoms with van der Waals surface area (Å²) in [6.45, 7) is -0.665. The van der Waals surface area contributed by atoms with Crippen molar-refractivity contribution in [3.8, 4) is 11.5 Å². The van der Waals surface area contributed by atoms with Crippen molar-refractivity contribution in [2.75, 3.05) is 53.0 Å². The van der Waals surface area contributed by atoms with Crippen molar-refractivity contribution in [1.82, 2.24) is 15.0 Å². The first kappa shape index (κ1) is 54.0. The third-order valence-corrected chi connectivity index (χ3v) is 10.7. The molecule has 0 radical (unpaired) electrons. The molecule has 0 aliphatic heterocycles. The predicted octanol–water partition coefficient (Wildman–Crippen LogP) is 6.78. The van der Waals surface area contributed by atoms with E-state index in [2.05, 4.69) is 60.7 Å². The molecule has 4 aromatic carbocycles. The summed E-state index contributed by atoms with van der Waals surface area (Å²) in [4.78, 5) is 59.4. The van der Waals surface area contributed by atoms with Crippen molar-refractivity contribution in [2.45, 2.75) is 12.8 Å². The van der Waals surface area contributed by atoms with Crippen LogP contribution in [0.4, 0.5) is 52.0 Å². The number of benzene rings is 4. The normalized spacial score (nSPS) is 11.6. The van der Waals surface area contributed by atoms with Crippen LogP contribution in [-0.2, 0) is 29.6 Å². The van der Waals surface area contributed by atoms with Crippen molar-refractivity contribution in [2.24, 2.45) is 20.5 Å². The number of carboxylic acids is 4. The Morgan fingerprint density at radius 1 is 0.549 bits per heavy atom. The van der Waals surface area contributed by atoms with Gasteiger partial charge >= 0.3 is 23.9 Å². The van der Waals surface area contributed by atoms with Crippen LogP contribution in [0.15, 0.2) is 93.3 Å². The van der Waals surface area contributed by atoms with Gasteiger partial charge in [-0.25, -0.2) is 24.4 Å². The Bertz CT molecular complexity index is 3010. The molecule has 10 N–H and O–H groups in total. The summed E-state index contributed by atoms with van der Waals surface area (Å²) in [7, 11) is -8.83. The van der Waals surface area contributed by atoms with Crippen LogP contribution in [0, 0.1) is 0 Å². The summed E-state index contributed by atoms with van der Waals surface area (Å²) in [6, 6.07) is 14.6. The quantitative estimate of drug-likeness (QED) is 0.00616. The smallest absolute Gasteiger partial charge is 0.335 e. The lowest BCUT2D eigenvalue weighted by atomic mass is 10.1. The van der Waals surface area contributed by atoms with Gasteiger partial charge in [-0.15, -0.1) is 4.33 Å². The van der Waals surface area contributed by atoms with E-state index in [1.807, 2.05) is 0 Å². The molecule has 0 unspecified atom stereocenters. The zero-order chi connectivity index (χ0) is 51.7. The highest BCUT2D eigenvalue weighted by Crippen LogP contribution is 2.35. The number of aromatic nitrogens is 3. The number of carbonyl (C=O) groups is 4. The fraction of sp³-hybridized carbons (Fsp3) is 0.205. The molecule has 0 fully saturated rings. The molecule has 0 spiro atoms. The fourth-order valence-corrected chi connectivity index (χ4v) is 6.72. The van der Waals surface area contributed by atoms with Gasteiger partial charge in [0.2, 0.25) is 17.8 Å². The lowest BCUT2D eigenvalue weighted by Gasteiger charge is -2.16. The molecule has 32 heteroatoms. The zero-order valence-corrected chi connectivity index (χ0v) is 38.4. The average Bonchev–Trinajstić information content (AvgIpc) is 3.30. The standard InChI is InChI=1S/C39H38N10O19S3/c50-33(51)21-13-22(34(52)53)16-27(15-21)48-46-25-3-5-29(31(19-25)65-8-1-10-69-68-67-58)41-38-43-37(40-7-12-71(62,63)64)44-39(45-38)42-30-6-4-26(20-32(30)66-9-2-11-70(59,60)61)47-49-28-17-23(35(54)55)14-24(18-28)36(56)57/h3-6,13-20,58H,1-2,7-12H2,(H,50,51)(H,52,53)(H,54,55)(H,56,57)(H,59,60,61)(H,62,63,64)(H3,40,41,42,43,44,45). The Morgan fingerprint density at radius 3 is 1.37 bits per heavy atom. The molecule has 1 aromatic heterocycles. The number of azo groups is 2. The fourth-order valence-electron chi connectivity index (χ4n) is 5.53. The molecule has 0 aliphatic rings. The molecular weight excluding hydrogens is 1010 g/mol. The topological polar surface area (TPSA) is 439 Å². The number of anilines is 5. The van der Waals surface area contributed by atoms with E-state index in [1.165, 1.54) is 36.4 Å². The van der Waals surface area contributed by atoms with E-state index in [-0.39, 0.29) is 111 Å². The molecular formula is C39H38N10O19S3. The average molecular weight is 1050 g/mol. The molecule has 0 atom stereocenters. The third-order valence-electron chi connectivity index (χ3n) is 8.60. The Kier molecular flexibility index (Phi) is 19.0. The van der Waals surface area contributed by atoms with Gasteiger partial charge in [-0.2, -0.15) is 52.2 Å². The molecule has 0 amide bonds. The number of hydrogen-bond donors (Lipinski definition) is 10. The zero-order valence-electron chi connectivity index (χ0n) is 36.0. The van der Waals surface area contributed by atoms with Gasteiger partial charge in [0, 0.05) is 36.5 Å². The van der Waals surface area contributed by atoms with Crippen LogP contribution in [0.1, 0.15) is 54.3 Å². The van der Waals surface area contributed by atoms with Crippen LogP contribution >= 0.6 is 12.0 Å². The maximum Gasteiger partial charge on any atom is 0.335 e. The maximum absolute atomic E-state index is 11.6. The van der Waals surface area contributed by atoms with Gasteiger partial charge in [0.25, 0.3) is 20.2 Å². The molecule has 1 heterocycles. The van der Waals surface area contributed by atoms with Crippen molar-refractivity contribution in [3.05, 3.63) is 95.1 Å². The Hall–Kier alpha value is -7.98. The molecule has 0 saturated carbocycles. The minimum Gasteiger partial charge on any atom is -0.491 e. The maximum atomic E-state index is 11.6. The highest BCUT2D eigenvalue weighted by Gasteiger charge is 2.17. The first-order valence-corrected chi connectivity index (χ1v) is 23.9. The van der Waals surface area contributed by atoms with Crippen LogP contribution in [-0.4, -0.2) is 127 Å². The summed E-state index contributed by atoms with van der Waals surface area (Å²) in [5, 5.41) is 74.5. The number of carboxylic acid groups (broad SMARTS) is 4. The monoisotopic (exact) mass is 1050 g/mol. The van der Waals surface area contributed by atoms with Gasteiger partial charge in [-0.1, -0.05) is 5.04 Å². The van der Waals surface area contributed by atoms with Crippen molar-refractivity contribution in [3.63, 3.8) is 0 Å². The van der Waals surface area contributed by atoms with Crippen LogP contribution in [0.2, 0.25) is 0 Å². The van der Waals surface area contributed by atoms with Gasteiger partial charge in [0.1, 0.15) is 11.5 Å². The number of ether oxygens (including phenoxy) is 2. The number of rotatable bonds is 28. The highest BCUT2D eigenvalue weighted by molar-refractivity contribution is 7.94. The lowest BCUT2D eigenvalue weighted by Crippen LogP contribution is -2.17. The SMILES string of the molecule is O=C(O)c1cc(N=Nc2ccc(Nc3nc(NCCS(=O)(=O)O)nc(Nc4ccc(N=Nc5cc(C(=O)O)cc(C(=O)O)c5)cc4OCCCS(=O)(=O)O)n3)c(OCCCSOOO)c2)cc(C(=O)O)c1. The number of aromatic carboxylic acids is 4. The first-order chi connectivity index (χ1) is 33.6. The molecule has 0 saturated heterocycles. The van der Waals surface area contributed by atoms with Crippen molar-refractivity contribution in [1.29, 1.82) is 0 Å². The summed E-state index contributed by atoms with van der Waals surface area (Å²) in [5.41, 5.74) is -1.23. The molecule has 5 aromatic rings. The first-order valence-electron chi connectivity index (χ1n) is 19.8.